The summed E-state index contributed by atoms with van der Waals surface area (Å²) in [6.45, 7) is 1.21. The van der Waals surface area contributed by atoms with E-state index < -0.39 is 5.97 Å². The number of rotatable bonds is 4. The van der Waals surface area contributed by atoms with Gasteiger partial charge in [0, 0.05) is 19.3 Å². The number of nitrogens with one attached hydrogen (secondary N) is 1. The molecule has 0 saturated carbocycles. The zero-order valence-corrected chi connectivity index (χ0v) is 10.7. The molecule has 0 aromatic carbocycles. The molecule has 1 aromatic heterocycles. The number of nitrogens with zero attached hydrogens (tertiary/aromatic N) is 1. The highest BCUT2D eigenvalue weighted by Crippen LogP contribution is 2.11. The van der Waals surface area contributed by atoms with E-state index >= 15 is 0 Å². The third-order valence-corrected chi connectivity index (χ3v) is 2.93. The minimum Gasteiger partial charge on any atom is -0.465 e. The van der Waals surface area contributed by atoms with E-state index in [0.29, 0.717) is 12.1 Å². The first kappa shape index (κ1) is 13.5. The molecule has 1 aliphatic heterocycles. The highest BCUT2D eigenvalue weighted by molar-refractivity contribution is 5.96. The summed E-state index contributed by atoms with van der Waals surface area (Å²) in [5.74, 6) is -0.808. The van der Waals surface area contributed by atoms with Gasteiger partial charge in [-0.3, -0.25) is 9.78 Å². The number of hydrogen-bond donors (Lipinski definition) is 1. The Hall–Kier alpha value is -1.95. The van der Waals surface area contributed by atoms with Crippen molar-refractivity contribution in [3.63, 3.8) is 0 Å². The van der Waals surface area contributed by atoms with Gasteiger partial charge in [0.25, 0.3) is 5.91 Å². The van der Waals surface area contributed by atoms with Crippen molar-refractivity contribution < 1.29 is 19.1 Å². The van der Waals surface area contributed by atoms with Crippen LogP contribution >= 0.6 is 0 Å². The molecule has 6 nitrogen and oxygen atoms in total. The molecule has 1 amide bonds. The van der Waals surface area contributed by atoms with Crippen molar-refractivity contribution in [3.8, 4) is 0 Å². The molecular weight excluding hydrogens is 248 g/mol. The number of hydrogen-bond acceptors (Lipinski definition) is 5. The largest absolute Gasteiger partial charge is 0.465 e. The summed E-state index contributed by atoms with van der Waals surface area (Å²) < 4.78 is 10.0. The molecule has 1 fully saturated rings. The zero-order valence-electron chi connectivity index (χ0n) is 10.7. The molecule has 1 unspecified atom stereocenters. The molecule has 2 heterocycles. The Balaban J connectivity index is 1.96. The van der Waals surface area contributed by atoms with E-state index in [4.69, 9.17) is 4.74 Å². The van der Waals surface area contributed by atoms with Gasteiger partial charge in [0.15, 0.2) is 0 Å². The fourth-order valence-corrected chi connectivity index (χ4v) is 1.90. The summed E-state index contributed by atoms with van der Waals surface area (Å²) >= 11 is 0. The first-order valence-electron chi connectivity index (χ1n) is 6.15. The summed E-state index contributed by atoms with van der Waals surface area (Å²) in [6, 6.07) is 2.92. The van der Waals surface area contributed by atoms with Crippen LogP contribution in [0, 0.1) is 0 Å². The minimum atomic E-state index is -0.490. The van der Waals surface area contributed by atoms with Crippen molar-refractivity contribution in [2.45, 2.75) is 18.9 Å². The molecule has 1 atom stereocenters. The molecular formula is C13H16N2O4. The highest BCUT2D eigenvalue weighted by Gasteiger charge is 2.17. The van der Waals surface area contributed by atoms with E-state index in [-0.39, 0.29) is 17.7 Å². The lowest BCUT2D eigenvalue weighted by atomic mass is 10.2. The van der Waals surface area contributed by atoms with E-state index in [2.05, 4.69) is 15.0 Å². The second-order valence-electron chi connectivity index (χ2n) is 4.27. The summed E-state index contributed by atoms with van der Waals surface area (Å²) in [5.41, 5.74) is 0.501. The molecule has 0 radical (unpaired) electrons. The fourth-order valence-electron chi connectivity index (χ4n) is 1.90. The van der Waals surface area contributed by atoms with E-state index in [1.165, 1.54) is 25.4 Å². The van der Waals surface area contributed by atoms with Crippen LogP contribution in [0.25, 0.3) is 0 Å². The summed E-state index contributed by atoms with van der Waals surface area (Å²) in [5, 5.41) is 2.75. The van der Waals surface area contributed by atoms with Gasteiger partial charge in [-0.25, -0.2) is 4.79 Å². The van der Waals surface area contributed by atoms with Gasteiger partial charge >= 0.3 is 5.97 Å². The van der Waals surface area contributed by atoms with Crippen LogP contribution in [0.4, 0.5) is 0 Å². The van der Waals surface area contributed by atoms with Crippen LogP contribution in [0.15, 0.2) is 18.3 Å². The third-order valence-electron chi connectivity index (χ3n) is 2.93. The molecule has 1 aliphatic rings. The number of carbonyl (C=O) groups excluding carboxylic acids is 2. The predicted octanol–water partition coefficient (Wildman–Crippen LogP) is 0.777. The van der Waals surface area contributed by atoms with Crippen LogP contribution in [0.2, 0.25) is 0 Å². The second kappa shape index (κ2) is 6.29. The molecule has 1 aromatic rings. The fraction of sp³-hybridized carbons (Fsp3) is 0.462. The van der Waals surface area contributed by atoms with Crippen LogP contribution in [0.1, 0.15) is 33.7 Å². The Kier molecular flexibility index (Phi) is 4.46. The first-order valence-corrected chi connectivity index (χ1v) is 6.15. The Labute approximate surface area is 111 Å². The van der Waals surface area contributed by atoms with Gasteiger partial charge < -0.3 is 14.8 Å². The van der Waals surface area contributed by atoms with Gasteiger partial charge in [-0.15, -0.1) is 0 Å². The van der Waals surface area contributed by atoms with Gasteiger partial charge in [0.1, 0.15) is 5.69 Å². The van der Waals surface area contributed by atoms with Gasteiger partial charge in [0.2, 0.25) is 0 Å². The molecule has 102 valence electrons. The van der Waals surface area contributed by atoms with Crippen molar-refractivity contribution in [2.75, 3.05) is 20.3 Å². The van der Waals surface area contributed by atoms with Crippen LogP contribution in [-0.2, 0) is 9.47 Å². The molecule has 0 bridgehead atoms. The number of esters is 1. The van der Waals surface area contributed by atoms with E-state index in [1.54, 1.807) is 0 Å². The molecule has 0 spiro atoms. The minimum absolute atomic E-state index is 0.0766. The number of pyridine rings is 1. The van der Waals surface area contributed by atoms with Crippen molar-refractivity contribution in [3.05, 3.63) is 29.6 Å². The number of aromatic nitrogens is 1. The van der Waals surface area contributed by atoms with Gasteiger partial charge in [0.05, 0.1) is 18.8 Å². The SMILES string of the molecule is COC(=O)c1ccnc(C(=O)NCC2CCCO2)c1. The van der Waals surface area contributed by atoms with Crippen molar-refractivity contribution in [1.29, 1.82) is 0 Å². The predicted molar refractivity (Wildman–Crippen MR) is 66.9 cm³/mol. The lowest BCUT2D eigenvalue weighted by Gasteiger charge is -2.10. The quantitative estimate of drug-likeness (QED) is 0.813. The first-order chi connectivity index (χ1) is 9.20. The van der Waals surface area contributed by atoms with Crippen molar-refractivity contribution in [1.82, 2.24) is 10.3 Å². The Morgan fingerprint density at radius 2 is 2.42 bits per heavy atom. The Bertz CT molecular complexity index is 469. The maximum absolute atomic E-state index is 11.9. The number of methoxy groups -OCH3 is 1. The number of ether oxygens (including phenoxy) is 2. The smallest absolute Gasteiger partial charge is 0.337 e. The average Bonchev–Trinajstić information content (AvgIpc) is 2.97. The highest BCUT2D eigenvalue weighted by atomic mass is 16.5. The van der Waals surface area contributed by atoms with E-state index in [1.807, 2.05) is 0 Å². The molecule has 2 rings (SSSR count). The van der Waals surface area contributed by atoms with Gasteiger partial charge in [-0.05, 0) is 25.0 Å². The summed E-state index contributed by atoms with van der Waals surface area (Å²) in [4.78, 5) is 27.2. The molecule has 0 aliphatic carbocycles. The topological polar surface area (TPSA) is 77.5 Å². The zero-order chi connectivity index (χ0) is 13.7. The van der Waals surface area contributed by atoms with E-state index in [0.717, 1.165) is 19.4 Å². The van der Waals surface area contributed by atoms with Crippen LogP contribution in [0.5, 0.6) is 0 Å². The number of carbonyl (C=O) groups is 2. The van der Waals surface area contributed by atoms with Crippen LogP contribution < -0.4 is 5.32 Å². The Morgan fingerprint density at radius 3 is 3.11 bits per heavy atom. The number of amides is 1. The van der Waals surface area contributed by atoms with Crippen molar-refractivity contribution >= 4 is 11.9 Å². The molecule has 1 saturated heterocycles. The summed E-state index contributed by atoms with van der Waals surface area (Å²) in [6.07, 6.45) is 3.47. The average molecular weight is 264 g/mol. The van der Waals surface area contributed by atoms with E-state index in [9.17, 15) is 9.59 Å². The van der Waals surface area contributed by atoms with Crippen molar-refractivity contribution in [2.24, 2.45) is 0 Å². The molecule has 19 heavy (non-hydrogen) atoms. The monoisotopic (exact) mass is 264 g/mol. The van der Waals surface area contributed by atoms with Gasteiger partial charge in [-0.2, -0.15) is 0 Å². The standard InChI is InChI=1S/C13H16N2O4/c1-18-13(17)9-4-5-14-11(7-9)12(16)15-8-10-3-2-6-19-10/h4-5,7,10H,2-3,6,8H2,1H3,(H,15,16). The summed E-state index contributed by atoms with van der Waals surface area (Å²) in [7, 11) is 1.29. The van der Waals surface area contributed by atoms with Gasteiger partial charge in [-0.1, -0.05) is 0 Å². The second-order valence-corrected chi connectivity index (χ2v) is 4.27. The normalized spacial score (nSPS) is 18.1. The Morgan fingerprint density at radius 1 is 1.58 bits per heavy atom. The lowest BCUT2D eigenvalue weighted by Crippen LogP contribution is -2.32. The maximum Gasteiger partial charge on any atom is 0.337 e. The lowest BCUT2D eigenvalue weighted by molar-refractivity contribution is 0.0600. The van der Waals surface area contributed by atoms with Crippen LogP contribution in [0.3, 0.4) is 0 Å². The third kappa shape index (κ3) is 3.51. The molecule has 6 heteroatoms. The van der Waals surface area contributed by atoms with Crippen LogP contribution in [-0.4, -0.2) is 43.2 Å². The maximum atomic E-state index is 11.9. The molecule has 1 N–H and O–H groups in total.